The molecule has 1 fully saturated rings. The topological polar surface area (TPSA) is 38.3 Å². The van der Waals surface area contributed by atoms with E-state index in [1.54, 1.807) is 0 Å². The Hall–Kier alpha value is -1.51. The standard InChI is InChI=1S/C11H11NO2.2C2H6/c1-7-2-3-9-8(6-7)11(4-5-11)12-10(13)14-9;2*1-2/h2-3,6H,4-5H2,1H3,(H,12,13);2*1-2H3. The monoisotopic (exact) mass is 249 g/mol. The van der Waals surface area contributed by atoms with Gasteiger partial charge in [0.25, 0.3) is 0 Å². The number of carbonyl (C=O) groups is 1. The molecule has 1 aromatic carbocycles. The molecule has 0 bridgehead atoms. The smallest absolute Gasteiger partial charge is 0.410 e. The van der Waals surface area contributed by atoms with Gasteiger partial charge >= 0.3 is 6.09 Å². The third-order valence-corrected chi connectivity index (χ3v) is 2.94. The summed E-state index contributed by atoms with van der Waals surface area (Å²) in [6.45, 7) is 10.0. The molecule has 1 heterocycles. The van der Waals surface area contributed by atoms with Crippen molar-refractivity contribution in [3.05, 3.63) is 29.3 Å². The van der Waals surface area contributed by atoms with Gasteiger partial charge in [-0.25, -0.2) is 4.79 Å². The van der Waals surface area contributed by atoms with Gasteiger partial charge in [-0.15, -0.1) is 0 Å². The Labute approximate surface area is 110 Å². The summed E-state index contributed by atoms with van der Waals surface area (Å²) < 4.78 is 5.11. The normalized spacial score (nSPS) is 17.1. The van der Waals surface area contributed by atoms with Gasteiger partial charge < -0.3 is 10.1 Å². The molecule has 0 atom stereocenters. The van der Waals surface area contributed by atoms with E-state index in [9.17, 15) is 4.79 Å². The van der Waals surface area contributed by atoms with Crippen LogP contribution in [-0.2, 0) is 5.54 Å². The molecule has 3 rings (SSSR count). The van der Waals surface area contributed by atoms with Crippen LogP contribution in [0, 0.1) is 6.92 Å². The zero-order chi connectivity index (χ0) is 13.8. The van der Waals surface area contributed by atoms with E-state index in [1.165, 1.54) is 5.56 Å². The summed E-state index contributed by atoms with van der Waals surface area (Å²) in [5, 5.41) is 2.89. The molecule has 18 heavy (non-hydrogen) atoms. The van der Waals surface area contributed by atoms with Crippen molar-refractivity contribution in [3.8, 4) is 5.75 Å². The van der Waals surface area contributed by atoms with Crippen LogP contribution in [0.2, 0.25) is 0 Å². The van der Waals surface area contributed by atoms with E-state index in [1.807, 2.05) is 46.8 Å². The molecule has 2 aliphatic rings. The van der Waals surface area contributed by atoms with Crippen molar-refractivity contribution in [1.29, 1.82) is 0 Å². The number of hydrogen-bond donors (Lipinski definition) is 1. The first-order chi connectivity index (χ1) is 8.70. The van der Waals surface area contributed by atoms with Crippen molar-refractivity contribution >= 4 is 6.09 Å². The van der Waals surface area contributed by atoms with E-state index in [-0.39, 0.29) is 11.6 Å². The maximum absolute atomic E-state index is 11.2. The van der Waals surface area contributed by atoms with Crippen molar-refractivity contribution in [3.63, 3.8) is 0 Å². The Morgan fingerprint density at radius 1 is 1.17 bits per heavy atom. The number of amides is 1. The molecule has 1 aliphatic heterocycles. The van der Waals surface area contributed by atoms with Crippen LogP contribution in [0.3, 0.4) is 0 Å². The van der Waals surface area contributed by atoms with Crippen LogP contribution in [0.4, 0.5) is 4.79 Å². The minimum absolute atomic E-state index is 0.101. The Bertz CT molecular complexity index is 423. The van der Waals surface area contributed by atoms with E-state index in [0.29, 0.717) is 0 Å². The molecule has 0 saturated heterocycles. The van der Waals surface area contributed by atoms with Gasteiger partial charge in [0.15, 0.2) is 0 Å². The molecular weight excluding hydrogens is 226 g/mol. The number of ether oxygens (including phenoxy) is 1. The van der Waals surface area contributed by atoms with Crippen molar-refractivity contribution < 1.29 is 9.53 Å². The fourth-order valence-electron chi connectivity index (χ4n) is 2.01. The first-order valence-electron chi connectivity index (χ1n) is 6.81. The fraction of sp³-hybridized carbons (Fsp3) is 0.533. The van der Waals surface area contributed by atoms with Gasteiger partial charge in [0, 0.05) is 5.56 Å². The van der Waals surface area contributed by atoms with Crippen LogP contribution in [0.15, 0.2) is 18.2 Å². The van der Waals surface area contributed by atoms with Crippen molar-refractivity contribution in [1.82, 2.24) is 5.32 Å². The lowest BCUT2D eigenvalue weighted by molar-refractivity contribution is 0.186. The predicted octanol–water partition coefficient (Wildman–Crippen LogP) is 4.14. The zero-order valence-corrected chi connectivity index (χ0v) is 12.0. The molecule has 0 radical (unpaired) electrons. The number of rotatable bonds is 0. The highest BCUT2D eigenvalue weighted by atomic mass is 16.6. The SMILES string of the molecule is CC.CC.Cc1ccc2c(c1)C1(CC1)NC(=O)O2. The quantitative estimate of drug-likeness (QED) is 0.750. The molecule has 100 valence electrons. The molecule has 1 saturated carbocycles. The second kappa shape index (κ2) is 5.89. The van der Waals surface area contributed by atoms with E-state index >= 15 is 0 Å². The average Bonchev–Trinajstić information content (AvgIpc) is 3.16. The molecule has 1 aromatic rings. The van der Waals surface area contributed by atoms with Crippen LogP contribution < -0.4 is 10.1 Å². The summed E-state index contributed by atoms with van der Waals surface area (Å²) >= 11 is 0. The summed E-state index contributed by atoms with van der Waals surface area (Å²) in [4.78, 5) is 11.2. The molecular formula is C15H23NO2. The predicted molar refractivity (Wildman–Crippen MR) is 73.9 cm³/mol. The van der Waals surface area contributed by atoms with Gasteiger partial charge in [-0.1, -0.05) is 39.3 Å². The van der Waals surface area contributed by atoms with Crippen LogP contribution in [-0.4, -0.2) is 6.09 Å². The Morgan fingerprint density at radius 3 is 2.33 bits per heavy atom. The summed E-state index contributed by atoms with van der Waals surface area (Å²) in [7, 11) is 0. The number of fused-ring (bicyclic) bond motifs is 2. The minimum Gasteiger partial charge on any atom is -0.410 e. The van der Waals surface area contributed by atoms with Crippen LogP contribution in [0.25, 0.3) is 0 Å². The van der Waals surface area contributed by atoms with E-state index in [4.69, 9.17) is 4.74 Å². The maximum atomic E-state index is 11.2. The molecule has 3 nitrogen and oxygen atoms in total. The summed E-state index contributed by atoms with van der Waals surface area (Å²) in [5.74, 6) is 0.719. The lowest BCUT2D eigenvalue weighted by Gasteiger charge is -2.26. The number of carbonyl (C=O) groups excluding carboxylic acids is 1. The molecule has 1 aliphatic carbocycles. The highest BCUT2D eigenvalue weighted by molar-refractivity contribution is 5.76. The van der Waals surface area contributed by atoms with Crippen molar-refractivity contribution in [2.24, 2.45) is 0 Å². The van der Waals surface area contributed by atoms with Crippen LogP contribution >= 0.6 is 0 Å². The summed E-state index contributed by atoms with van der Waals surface area (Å²) in [5.41, 5.74) is 2.24. The Kier molecular flexibility index (Phi) is 4.76. The number of hydrogen-bond acceptors (Lipinski definition) is 2. The van der Waals surface area contributed by atoms with Gasteiger partial charge in [-0.05, 0) is 31.9 Å². The maximum Gasteiger partial charge on any atom is 0.413 e. The number of aryl methyl sites for hydroxylation is 1. The fourth-order valence-corrected chi connectivity index (χ4v) is 2.01. The van der Waals surface area contributed by atoms with Gasteiger partial charge in [0.1, 0.15) is 5.75 Å². The first-order valence-corrected chi connectivity index (χ1v) is 6.81. The number of nitrogens with one attached hydrogen (secondary N) is 1. The van der Waals surface area contributed by atoms with Gasteiger partial charge in [0.05, 0.1) is 5.54 Å². The molecule has 3 heteroatoms. The Balaban J connectivity index is 0.000000371. The molecule has 0 unspecified atom stereocenters. The highest BCUT2D eigenvalue weighted by Gasteiger charge is 2.50. The summed E-state index contributed by atoms with van der Waals surface area (Å²) in [6, 6.07) is 5.94. The van der Waals surface area contributed by atoms with E-state index in [2.05, 4.69) is 11.4 Å². The molecule has 1 amide bonds. The lowest BCUT2D eigenvalue weighted by Crippen LogP contribution is -2.41. The number of benzene rings is 1. The van der Waals surface area contributed by atoms with E-state index < -0.39 is 0 Å². The van der Waals surface area contributed by atoms with Crippen molar-refractivity contribution in [2.75, 3.05) is 0 Å². The molecule has 1 N–H and O–H groups in total. The van der Waals surface area contributed by atoms with Gasteiger partial charge in [-0.2, -0.15) is 0 Å². The third-order valence-electron chi connectivity index (χ3n) is 2.94. The minimum atomic E-state index is -0.321. The largest absolute Gasteiger partial charge is 0.413 e. The average molecular weight is 249 g/mol. The van der Waals surface area contributed by atoms with Gasteiger partial charge in [-0.3, -0.25) is 0 Å². The van der Waals surface area contributed by atoms with Crippen molar-refractivity contribution in [2.45, 2.75) is 53.0 Å². The first kappa shape index (κ1) is 14.6. The third kappa shape index (κ3) is 2.66. The Morgan fingerprint density at radius 2 is 1.78 bits per heavy atom. The van der Waals surface area contributed by atoms with Crippen LogP contribution in [0.5, 0.6) is 5.75 Å². The summed E-state index contributed by atoms with van der Waals surface area (Å²) in [6.07, 6.45) is 1.73. The second-order valence-electron chi connectivity index (χ2n) is 4.10. The second-order valence-corrected chi connectivity index (χ2v) is 4.10. The highest BCUT2D eigenvalue weighted by Crippen LogP contribution is 2.50. The zero-order valence-electron chi connectivity index (χ0n) is 12.0. The van der Waals surface area contributed by atoms with Gasteiger partial charge in [0.2, 0.25) is 0 Å². The van der Waals surface area contributed by atoms with E-state index in [0.717, 1.165) is 24.2 Å². The molecule has 0 aromatic heterocycles. The molecule has 1 spiro atoms. The lowest BCUT2D eigenvalue weighted by atomic mass is 10.0. The van der Waals surface area contributed by atoms with Crippen LogP contribution in [0.1, 0.15) is 51.7 Å².